The third kappa shape index (κ3) is 4.37. The van der Waals surface area contributed by atoms with Crippen molar-refractivity contribution in [2.45, 2.75) is 90.6 Å². The number of epoxide rings is 1. The zero-order valence-corrected chi connectivity index (χ0v) is 22.0. The van der Waals surface area contributed by atoms with Gasteiger partial charge < -0.3 is 29.2 Å². The summed E-state index contributed by atoms with van der Waals surface area (Å²) in [4.78, 5) is 36.7. The Labute approximate surface area is 212 Å². The summed E-state index contributed by atoms with van der Waals surface area (Å²) in [5.74, 6) is -2.17. The molecule has 0 amide bonds. The Balaban J connectivity index is 1.75. The van der Waals surface area contributed by atoms with Gasteiger partial charge in [0.05, 0.1) is 30.1 Å². The number of carbonyl (C=O) groups excluding carboxylic acids is 3. The summed E-state index contributed by atoms with van der Waals surface area (Å²) in [6.07, 6.45) is 1.44. The van der Waals surface area contributed by atoms with E-state index in [4.69, 9.17) is 18.9 Å². The van der Waals surface area contributed by atoms with E-state index in [1.165, 1.54) is 13.0 Å². The summed E-state index contributed by atoms with van der Waals surface area (Å²) >= 11 is 0. The van der Waals surface area contributed by atoms with E-state index >= 15 is 0 Å². The molecule has 2 saturated carbocycles. The largest absolute Gasteiger partial charge is 0.465 e. The second kappa shape index (κ2) is 9.72. The molecule has 202 valence electrons. The summed E-state index contributed by atoms with van der Waals surface area (Å²) in [6.45, 7) is 9.52. The third-order valence-electron chi connectivity index (χ3n) is 9.64. The van der Waals surface area contributed by atoms with Gasteiger partial charge in [0, 0.05) is 24.5 Å². The van der Waals surface area contributed by atoms with E-state index in [1.54, 1.807) is 6.92 Å². The van der Waals surface area contributed by atoms with Gasteiger partial charge in [0.15, 0.2) is 0 Å². The highest BCUT2D eigenvalue weighted by atomic mass is 16.6. The molecular weight excluding hydrogens is 468 g/mol. The van der Waals surface area contributed by atoms with Crippen molar-refractivity contribution < 1.29 is 43.5 Å². The van der Waals surface area contributed by atoms with Gasteiger partial charge in [-0.15, -0.1) is 0 Å². The summed E-state index contributed by atoms with van der Waals surface area (Å²) in [5.41, 5.74) is -1.74. The lowest BCUT2D eigenvalue weighted by atomic mass is 9.42. The first-order valence-electron chi connectivity index (χ1n) is 13.1. The van der Waals surface area contributed by atoms with Crippen LogP contribution in [-0.2, 0) is 33.3 Å². The van der Waals surface area contributed by atoms with Crippen molar-refractivity contribution in [2.24, 2.45) is 28.6 Å². The van der Waals surface area contributed by atoms with Crippen LogP contribution in [0.3, 0.4) is 0 Å². The van der Waals surface area contributed by atoms with Gasteiger partial charge in [-0.2, -0.15) is 0 Å². The van der Waals surface area contributed by atoms with Gasteiger partial charge in [-0.25, -0.2) is 4.79 Å². The molecule has 0 radical (unpaired) electrons. The SMILES string of the molecule is CC[C@H](C)C(=O)O[C@@H](C[C@@]1(C)[C@H](C)C[C@H](O)[C@]2(COC(C)=O)[C@@H]1[C@H](O)CC[C@]21CO1)C1=CC(=O)OC1. The van der Waals surface area contributed by atoms with Gasteiger partial charge in [-0.05, 0) is 43.4 Å². The number of ether oxygens (including phenoxy) is 4. The lowest BCUT2D eigenvalue weighted by Crippen LogP contribution is -2.70. The third-order valence-corrected chi connectivity index (χ3v) is 9.64. The molecule has 2 N–H and O–H groups in total. The smallest absolute Gasteiger partial charge is 0.331 e. The number of rotatable bonds is 8. The van der Waals surface area contributed by atoms with Crippen molar-refractivity contribution in [1.29, 1.82) is 0 Å². The summed E-state index contributed by atoms with van der Waals surface area (Å²) in [5, 5.41) is 23.0. The van der Waals surface area contributed by atoms with E-state index in [-0.39, 0.29) is 31.0 Å². The Bertz CT molecular complexity index is 924. The molecule has 9 atom stereocenters. The summed E-state index contributed by atoms with van der Waals surface area (Å²) < 4.78 is 22.7. The van der Waals surface area contributed by atoms with Gasteiger partial charge >= 0.3 is 17.9 Å². The molecule has 0 unspecified atom stereocenters. The molecule has 2 aliphatic carbocycles. The number of cyclic esters (lactones) is 1. The van der Waals surface area contributed by atoms with Crippen molar-refractivity contribution in [3.05, 3.63) is 11.6 Å². The second-order valence-corrected chi connectivity index (χ2v) is 11.6. The molecule has 0 aromatic heterocycles. The number of hydrogen-bond acceptors (Lipinski definition) is 9. The van der Waals surface area contributed by atoms with Crippen LogP contribution >= 0.6 is 0 Å². The Hall–Kier alpha value is -1.97. The fourth-order valence-electron chi connectivity index (χ4n) is 7.08. The van der Waals surface area contributed by atoms with Crippen LogP contribution in [-0.4, -0.2) is 71.9 Å². The van der Waals surface area contributed by atoms with Gasteiger partial charge in [-0.1, -0.05) is 27.7 Å². The normalized spacial score (nSPS) is 41.1. The molecule has 9 heteroatoms. The number of carbonyl (C=O) groups is 3. The van der Waals surface area contributed by atoms with Crippen LogP contribution in [0.25, 0.3) is 0 Å². The molecule has 0 aromatic rings. The van der Waals surface area contributed by atoms with Crippen molar-refractivity contribution in [3.8, 4) is 0 Å². The Morgan fingerprint density at radius 2 is 2.00 bits per heavy atom. The van der Waals surface area contributed by atoms with Gasteiger partial charge in [-0.3, -0.25) is 9.59 Å². The van der Waals surface area contributed by atoms with Gasteiger partial charge in [0.2, 0.25) is 0 Å². The van der Waals surface area contributed by atoms with E-state index in [9.17, 15) is 24.6 Å². The van der Waals surface area contributed by atoms with E-state index < -0.39 is 52.6 Å². The number of aliphatic hydroxyl groups excluding tert-OH is 2. The first-order valence-corrected chi connectivity index (χ1v) is 13.1. The lowest BCUT2D eigenvalue weighted by Gasteiger charge is -2.64. The molecule has 2 aliphatic heterocycles. The van der Waals surface area contributed by atoms with Crippen LogP contribution in [0.15, 0.2) is 11.6 Å². The molecule has 4 rings (SSSR count). The highest BCUT2D eigenvalue weighted by Crippen LogP contribution is 2.68. The molecule has 36 heavy (non-hydrogen) atoms. The minimum Gasteiger partial charge on any atom is -0.465 e. The molecule has 0 bridgehead atoms. The number of fused-ring (bicyclic) bond motifs is 2. The number of aliphatic hydroxyl groups is 2. The topological polar surface area (TPSA) is 132 Å². The maximum Gasteiger partial charge on any atom is 0.331 e. The Morgan fingerprint density at radius 3 is 2.56 bits per heavy atom. The fourth-order valence-corrected chi connectivity index (χ4v) is 7.08. The minimum atomic E-state index is -1.00. The van der Waals surface area contributed by atoms with Crippen molar-refractivity contribution in [3.63, 3.8) is 0 Å². The van der Waals surface area contributed by atoms with E-state index in [0.29, 0.717) is 44.3 Å². The van der Waals surface area contributed by atoms with Crippen molar-refractivity contribution in [2.75, 3.05) is 19.8 Å². The monoisotopic (exact) mass is 508 g/mol. The average Bonchev–Trinajstić information content (AvgIpc) is 3.48. The maximum atomic E-state index is 12.9. The summed E-state index contributed by atoms with van der Waals surface area (Å²) in [6, 6.07) is 0. The van der Waals surface area contributed by atoms with E-state index in [0.717, 1.165) is 0 Å². The van der Waals surface area contributed by atoms with Crippen LogP contribution in [0.2, 0.25) is 0 Å². The molecule has 0 aromatic carbocycles. The van der Waals surface area contributed by atoms with Crippen LogP contribution < -0.4 is 0 Å². The number of esters is 3. The van der Waals surface area contributed by atoms with Gasteiger partial charge in [0.1, 0.15) is 24.9 Å². The van der Waals surface area contributed by atoms with Crippen molar-refractivity contribution >= 4 is 17.9 Å². The number of hydrogen-bond donors (Lipinski definition) is 2. The quantitative estimate of drug-likeness (QED) is 0.288. The minimum absolute atomic E-state index is 0.0449. The molecular formula is C27H40O9. The highest BCUT2D eigenvalue weighted by molar-refractivity contribution is 5.85. The standard InChI is InChI=1S/C27H40O9/c1-6-15(2)24(32)36-20(18-10-22(31)33-12-18)11-25(5)16(3)9-21(30)27(14-34-17(4)28)23(25)19(29)7-8-26(27)13-35-26/h10,15-16,19-21,23,29-30H,6-9,11-14H2,1-5H3/t15-,16+,19+,20-,21-,23+,25-,26-,27+/m0/s1. The zero-order chi connectivity index (χ0) is 26.5. The van der Waals surface area contributed by atoms with Crippen LogP contribution in [0.1, 0.15) is 66.7 Å². The lowest BCUT2D eigenvalue weighted by molar-refractivity contribution is -0.249. The predicted octanol–water partition coefficient (Wildman–Crippen LogP) is 2.31. The van der Waals surface area contributed by atoms with Crippen LogP contribution in [0.5, 0.6) is 0 Å². The zero-order valence-electron chi connectivity index (χ0n) is 22.0. The average molecular weight is 509 g/mol. The Kier molecular flexibility index (Phi) is 7.31. The van der Waals surface area contributed by atoms with E-state index in [1.807, 2.05) is 20.8 Å². The van der Waals surface area contributed by atoms with Crippen LogP contribution in [0.4, 0.5) is 0 Å². The molecule has 9 nitrogen and oxygen atoms in total. The van der Waals surface area contributed by atoms with Crippen molar-refractivity contribution in [1.82, 2.24) is 0 Å². The molecule has 2 heterocycles. The highest BCUT2D eigenvalue weighted by Gasteiger charge is 2.76. The second-order valence-electron chi connectivity index (χ2n) is 11.6. The Morgan fingerprint density at radius 1 is 1.31 bits per heavy atom. The first kappa shape index (κ1) is 27.1. The maximum absolute atomic E-state index is 12.9. The fraction of sp³-hybridized carbons (Fsp3) is 0.815. The summed E-state index contributed by atoms with van der Waals surface area (Å²) in [7, 11) is 0. The van der Waals surface area contributed by atoms with Gasteiger partial charge in [0.25, 0.3) is 0 Å². The van der Waals surface area contributed by atoms with E-state index in [2.05, 4.69) is 0 Å². The van der Waals surface area contributed by atoms with Crippen LogP contribution in [0, 0.1) is 28.6 Å². The molecule has 3 fully saturated rings. The first-order chi connectivity index (χ1) is 16.9. The molecule has 1 saturated heterocycles. The molecule has 4 aliphatic rings. The molecule has 1 spiro atoms. The predicted molar refractivity (Wildman–Crippen MR) is 127 cm³/mol.